The Morgan fingerprint density at radius 3 is 1.56 bits per heavy atom. The molecule has 0 aliphatic heterocycles. The second-order valence-electron chi connectivity index (χ2n) is 11.8. The third-order valence-corrected chi connectivity index (χ3v) is 9.32. The first-order valence-corrected chi connectivity index (χ1v) is 15.8. The first kappa shape index (κ1) is 27.4. The number of nitriles is 2. The zero-order valence-corrected chi connectivity index (χ0v) is 25.7. The summed E-state index contributed by atoms with van der Waals surface area (Å²) in [6, 6.07) is 52.1. The van der Waals surface area contributed by atoms with Gasteiger partial charge in [-0.2, -0.15) is 10.5 Å². The van der Waals surface area contributed by atoms with Gasteiger partial charge in [-0.1, -0.05) is 91.0 Å². The third kappa shape index (κ3) is 3.99. The molecule has 0 N–H and O–H groups in total. The van der Waals surface area contributed by atoms with Crippen molar-refractivity contribution in [1.82, 2.24) is 14.1 Å². The van der Waals surface area contributed by atoms with Crippen LogP contribution < -0.4 is 0 Å². The molecule has 6 aromatic carbocycles. The fourth-order valence-electron chi connectivity index (χ4n) is 7.28. The van der Waals surface area contributed by atoms with Crippen LogP contribution in [0.3, 0.4) is 0 Å². The molecule has 0 aliphatic rings. The molecule has 9 aromatic rings. The van der Waals surface area contributed by atoms with Crippen LogP contribution in [0.2, 0.25) is 0 Å². The van der Waals surface area contributed by atoms with Crippen molar-refractivity contribution in [3.05, 3.63) is 163 Å². The van der Waals surface area contributed by atoms with Crippen molar-refractivity contribution in [2.45, 2.75) is 0 Å². The van der Waals surface area contributed by atoms with E-state index >= 15 is 0 Å². The maximum Gasteiger partial charge on any atom is 0.101 e. The smallest absolute Gasteiger partial charge is 0.101 e. The summed E-state index contributed by atoms with van der Waals surface area (Å²) in [6.45, 7) is 0. The lowest BCUT2D eigenvalue weighted by atomic mass is 9.93. The van der Waals surface area contributed by atoms with E-state index in [0.717, 1.165) is 77.2 Å². The Balaban J connectivity index is 1.32. The zero-order valence-electron chi connectivity index (χ0n) is 25.7. The molecule has 0 aliphatic carbocycles. The zero-order chi connectivity index (χ0) is 32.2. The summed E-state index contributed by atoms with van der Waals surface area (Å²) in [5.74, 6) is 0. The number of hydrogen-bond acceptors (Lipinski definition) is 3. The largest absolute Gasteiger partial charge is 0.308 e. The molecular formula is C43H25N5. The maximum absolute atomic E-state index is 10.5. The molecule has 48 heavy (non-hydrogen) atoms. The summed E-state index contributed by atoms with van der Waals surface area (Å²) >= 11 is 0. The molecule has 9 rings (SSSR count). The van der Waals surface area contributed by atoms with E-state index < -0.39 is 0 Å². The summed E-state index contributed by atoms with van der Waals surface area (Å²) in [6.07, 6.45) is 3.67. The molecule has 0 saturated carbocycles. The number of rotatable bonds is 4. The van der Waals surface area contributed by atoms with Crippen molar-refractivity contribution in [1.29, 1.82) is 10.5 Å². The van der Waals surface area contributed by atoms with Crippen molar-refractivity contribution < 1.29 is 0 Å². The number of pyridine rings is 1. The lowest BCUT2D eigenvalue weighted by Crippen LogP contribution is -2.02. The molecule has 0 spiro atoms. The van der Waals surface area contributed by atoms with Gasteiger partial charge >= 0.3 is 0 Å². The summed E-state index contributed by atoms with van der Waals surface area (Å²) in [4.78, 5) is 4.57. The standard InChI is InChI=1S/C43H25N5/c44-25-29-21-20-28(24-42(29)47-38-16-5-1-11-32(38)33-12-2-6-17-39(33)47)37-27-46-23-22-31(37)36-15-9-10-30(26-45)43(36)48-40-18-7-3-13-34(40)35-14-4-8-19-41(35)48/h1-24,27H. The second-order valence-corrected chi connectivity index (χ2v) is 11.8. The molecule has 0 fully saturated rings. The van der Waals surface area contributed by atoms with Crippen LogP contribution in [0.5, 0.6) is 0 Å². The van der Waals surface area contributed by atoms with Crippen LogP contribution in [-0.4, -0.2) is 14.1 Å². The Kier molecular flexibility index (Phi) is 6.18. The first-order chi connectivity index (χ1) is 23.8. The summed E-state index contributed by atoms with van der Waals surface area (Å²) in [5, 5.41) is 25.3. The second kappa shape index (κ2) is 10.8. The van der Waals surface area contributed by atoms with E-state index in [0.29, 0.717) is 11.1 Å². The number of nitrogens with zero attached hydrogens (tertiary/aromatic N) is 5. The number of benzene rings is 6. The fourth-order valence-corrected chi connectivity index (χ4v) is 7.28. The Morgan fingerprint density at radius 1 is 0.458 bits per heavy atom. The Morgan fingerprint density at radius 2 is 1.00 bits per heavy atom. The van der Waals surface area contributed by atoms with Crippen molar-refractivity contribution >= 4 is 43.6 Å². The molecule has 222 valence electrons. The topological polar surface area (TPSA) is 70.3 Å². The lowest BCUT2D eigenvalue weighted by molar-refractivity contribution is 1.16. The quantitative estimate of drug-likeness (QED) is 0.199. The Bertz CT molecular complexity index is 2710. The van der Waals surface area contributed by atoms with Gasteiger partial charge < -0.3 is 9.13 Å². The average molecular weight is 612 g/mol. The van der Waals surface area contributed by atoms with Crippen LogP contribution >= 0.6 is 0 Å². The molecule has 0 unspecified atom stereocenters. The highest BCUT2D eigenvalue weighted by atomic mass is 15.0. The van der Waals surface area contributed by atoms with Gasteiger partial charge in [-0.05, 0) is 59.7 Å². The van der Waals surface area contributed by atoms with Crippen LogP contribution in [0.4, 0.5) is 0 Å². The van der Waals surface area contributed by atoms with Crippen LogP contribution in [0.1, 0.15) is 11.1 Å². The lowest BCUT2D eigenvalue weighted by Gasteiger charge is -2.18. The molecule has 5 nitrogen and oxygen atoms in total. The Labute approximate surface area is 276 Å². The van der Waals surface area contributed by atoms with Gasteiger partial charge in [0.25, 0.3) is 0 Å². The van der Waals surface area contributed by atoms with Gasteiger partial charge in [0.15, 0.2) is 0 Å². The number of para-hydroxylation sites is 5. The predicted molar refractivity (Wildman–Crippen MR) is 193 cm³/mol. The summed E-state index contributed by atoms with van der Waals surface area (Å²) < 4.78 is 4.40. The SMILES string of the molecule is N#Cc1ccc(-c2cnccc2-c2cccc(C#N)c2-n2c3ccccc3c3ccccc32)cc1-n1c2ccccc2c2ccccc21. The molecule has 3 aromatic heterocycles. The monoisotopic (exact) mass is 611 g/mol. The van der Waals surface area contributed by atoms with Gasteiger partial charge in [0.1, 0.15) is 12.1 Å². The molecule has 0 saturated heterocycles. The van der Waals surface area contributed by atoms with Gasteiger partial charge in [-0.25, -0.2) is 0 Å². The van der Waals surface area contributed by atoms with E-state index in [1.54, 1.807) is 6.20 Å². The fraction of sp³-hybridized carbons (Fsp3) is 0. The van der Waals surface area contributed by atoms with Gasteiger partial charge in [0.2, 0.25) is 0 Å². The predicted octanol–water partition coefficient (Wildman–Crippen LogP) is 10.4. The summed E-state index contributed by atoms with van der Waals surface area (Å²) in [5.41, 5.74) is 10.6. The molecule has 0 bridgehead atoms. The molecule has 0 atom stereocenters. The van der Waals surface area contributed by atoms with Gasteiger partial charge in [0.05, 0.1) is 44.6 Å². The number of hydrogen-bond donors (Lipinski definition) is 0. The Hall–Kier alpha value is -6.95. The van der Waals surface area contributed by atoms with E-state index in [4.69, 9.17) is 0 Å². The van der Waals surface area contributed by atoms with Crippen LogP contribution in [0.15, 0.2) is 152 Å². The highest BCUT2D eigenvalue weighted by molar-refractivity contribution is 6.11. The van der Waals surface area contributed by atoms with Crippen molar-refractivity contribution in [3.8, 4) is 45.8 Å². The molecule has 0 amide bonds. The van der Waals surface area contributed by atoms with Gasteiger partial charge in [-0.3, -0.25) is 4.98 Å². The first-order valence-electron chi connectivity index (χ1n) is 15.8. The highest BCUT2D eigenvalue weighted by Gasteiger charge is 2.21. The van der Waals surface area contributed by atoms with E-state index in [1.165, 1.54) is 0 Å². The minimum Gasteiger partial charge on any atom is -0.308 e. The van der Waals surface area contributed by atoms with Crippen molar-refractivity contribution in [2.24, 2.45) is 0 Å². The van der Waals surface area contributed by atoms with Crippen LogP contribution in [0.25, 0.3) is 77.2 Å². The van der Waals surface area contributed by atoms with Gasteiger partial charge in [-0.15, -0.1) is 0 Å². The van der Waals surface area contributed by atoms with Crippen LogP contribution in [-0.2, 0) is 0 Å². The minimum atomic E-state index is 0.576. The van der Waals surface area contributed by atoms with E-state index in [-0.39, 0.29) is 0 Å². The maximum atomic E-state index is 10.5. The van der Waals surface area contributed by atoms with Crippen molar-refractivity contribution in [3.63, 3.8) is 0 Å². The molecule has 5 heteroatoms. The third-order valence-electron chi connectivity index (χ3n) is 9.32. The van der Waals surface area contributed by atoms with Crippen molar-refractivity contribution in [2.75, 3.05) is 0 Å². The number of fused-ring (bicyclic) bond motifs is 6. The molecule has 3 heterocycles. The molecule has 0 radical (unpaired) electrons. The minimum absolute atomic E-state index is 0.576. The number of aromatic nitrogens is 3. The molecular weight excluding hydrogens is 587 g/mol. The van der Waals surface area contributed by atoms with E-state index in [1.807, 2.05) is 72.9 Å². The summed E-state index contributed by atoms with van der Waals surface area (Å²) in [7, 11) is 0. The normalized spacial score (nSPS) is 11.3. The van der Waals surface area contributed by atoms with Crippen LogP contribution in [0, 0.1) is 22.7 Å². The average Bonchev–Trinajstić information content (AvgIpc) is 3.67. The van der Waals surface area contributed by atoms with Gasteiger partial charge in [0, 0.05) is 45.1 Å². The highest BCUT2D eigenvalue weighted by Crippen LogP contribution is 2.42. The van der Waals surface area contributed by atoms with E-state index in [9.17, 15) is 10.5 Å². The van der Waals surface area contributed by atoms with E-state index in [2.05, 4.69) is 99.1 Å².